The molecule has 0 bridgehead atoms. The lowest BCUT2D eigenvalue weighted by molar-refractivity contribution is -0.146. The minimum atomic E-state index is -0.735. The fourth-order valence-corrected chi connectivity index (χ4v) is 2.41. The Hall–Kier alpha value is -2.00. The molecule has 0 aliphatic heterocycles. The van der Waals surface area contributed by atoms with E-state index in [9.17, 15) is 4.79 Å². The van der Waals surface area contributed by atoms with Crippen molar-refractivity contribution in [3.8, 4) is 6.07 Å². The van der Waals surface area contributed by atoms with Crippen molar-refractivity contribution < 1.29 is 9.53 Å². The predicted molar refractivity (Wildman–Crippen MR) is 78.1 cm³/mol. The number of ether oxygens (including phenoxy) is 1. The molecule has 0 N–H and O–H groups in total. The smallest absolute Gasteiger partial charge is 0.327 e. The van der Waals surface area contributed by atoms with Crippen LogP contribution in [0.1, 0.15) is 12.7 Å². The zero-order chi connectivity index (χ0) is 14.5. The summed E-state index contributed by atoms with van der Waals surface area (Å²) < 4.78 is 6.84. The monoisotopic (exact) mass is 289 g/mol. The molecule has 5 nitrogen and oxygen atoms in total. The van der Waals surface area contributed by atoms with Gasteiger partial charge in [-0.15, -0.1) is 0 Å². The van der Waals surface area contributed by atoms with Gasteiger partial charge in [0.25, 0.3) is 0 Å². The zero-order valence-electron chi connectivity index (χ0n) is 11.4. The number of hydrogen-bond donors (Lipinski definition) is 0. The highest BCUT2D eigenvalue weighted by molar-refractivity contribution is 7.97. The summed E-state index contributed by atoms with van der Waals surface area (Å²) >= 11 is 1.64. The van der Waals surface area contributed by atoms with E-state index >= 15 is 0 Å². The molecule has 1 aromatic heterocycles. The Morgan fingerprint density at radius 3 is 3.00 bits per heavy atom. The van der Waals surface area contributed by atoms with Gasteiger partial charge < -0.3 is 9.30 Å². The van der Waals surface area contributed by atoms with E-state index in [4.69, 9.17) is 10.00 Å². The lowest BCUT2D eigenvalue weighted by atomic mass is 10.3. The molecule has 0 aliphatic carbocycles. The van der Waals surface area contributed by atoms with Crippen molar-refractivity contribution in [3.05, 3.63) is 30.1 Å². The van der Waals surface area contributed by atoms with Crippen LogP contribution in [-0.2, 0) is 21.8 Å². The zero-order valence-corrected chi connectivity index (χ0v) is 12.2. The van der Waals surface area contributed by atoms with Gasteiger partial charge in [0.2, 0.25) is 0 Å². The molecule has 104 valence electrons. The SMILES string of the molecule is CSCc1nc2ccccc2n1CC(=O)O[C@@H](C)C#N. The fourth-order valence-electron chi connectivity index (χ4n) is 1.93. The largest absolute Gasteiger partial charge is 0.446 e. The van der Waals surface area contributed by atoms with Crippen LogP contribution in [0.3, 0.4) is 0 Å². The third kappa shape index (κ3) is 3.11. The first-order valence-corrected chi connectivity index (χ1v) is 7.57. The Labute approximate surface area is 121 Å². The van der Waals surface area contributed by atoms with Crippen LogP contribution in [0.4, 0.5) is 0 Å². The van der Waals surface area contributed by atoms with Gasteiger partial charge in [0, 0.05) is 0 Å². The van der Waals surface area contributed by atoms with Gasteiger partial charge >= 0.3 is 5.97 Å². The molecule has 1 atom stereocenters. The van der Waals surface area contributed by atoms with Crippen LogP contribution in [0.15, 0.2) is 24.3 Å². The highest BCUT2D eigenvalue weighted by Crippen LogP contribution is 2.19. The topological polar surface area (TPSA) is 67.9 Å². The summed E-state index contributed by atoms with van der Waals surface area (Å²) in [6.45, 7) is 1.62. The minimum absolute atomic E-state index is 0.0719. The number of thioether (sulfide) groups is 1. The number of rotatable bonds is 5. The van der Waals surface area contributed by atoms with Gasteiger partial charge in [0.05, 0.1) is 16.8 Å². The number of nitriles is 1. The molecule has 0 saturated carbocycles. The van der Waals surface area contributed by atoms with Gasteiger partial charge in [-0.3, -0.25) is 4.79 Å². The van der Waals surface area contributed by atoms with E-state index in [2.05, 4.69) is 4.98 Å². The summed E-state index contributed by atoms with van der Waals surface area (Å²) in [4.78, 5) is 16.4. The molecular formula is C14H15N3O2S. The van der Waals surface area contributed by atoms with Crippen molar-refractivity contribution in [2.45, 2.75) is 25.3 Å². The molecular weight excluding hydrogens is 274 g/mol. The van der Waals surface area contributed by atoms with Gasteiger partial charge in [0.15, 0.2) is 6.10 Å². The maximum Gasteiger partial charge on any atom is 0.327 e. The first-order chi connectivity index (χ1) is 9.65. The number of aromatic nitrogens is 2. The third-order valence-corrected chi connectivity index (χ3v) is 3.33. The summed E-state index contributed by atoms with van der Waals surface area (Å²) in [5.41, 5.74) is 1.76. The molecule has 0 fully saturated rings. The maximum atomic E-state index is 11.9. The first kappa shape index (κ1) is 14.4. The van der Waals surface area contributed by atoms with Crippen LogP contribution in [0, 0.1) is 11.3 Å². The van der Waals surface area contributed by atoms with Crippen LogP contribution >= 0.6 is 11.8 Å². The van der Waals surface area contributed by atoms with Crippen LogP contribution in [-0.4, -0.2) is 27.9 Å². The number of imidazole rings is 1. The van der Waals surface area contributed by atoms with Crippen LogP contribution < -0.4 is 0 Å². The van der Waals surface area contributed by atoms with Crippen LogP contribution in [0.25, 0.3) is 11.0 Å². The number of carbonyl (C=O) groups excluding carboxylic acids is 1. The molecule has 0 amide bonds. The van der Waals surface area contributed by atoms with E-state index in [1.165, 1.54) is 0 Å². The van der Waals surface area contributed by atoms with Gasteiger partial charge in [0.1, 0.15) is 18.4 Å². The van der Waals surface area contributed by atoms with E-state index < -0.39 is 12.1 Å². The molecule has 6 heteroatoms. The van der Waals surface area contributed by atoms with Gasteiger partial charge in [-0.05, 0) is 25.3 Å². The average molecular weight is 289 g/mol. The van der Waals surface area contributed by atoms with E-state index in [0.717, 1.165) is 22.6 Å². The first-order valence-electron chi connectivity index (χ1n) is 6.18. The second-order valence-corrected chi connectivity index (χ2v) is 5.16. The number of esters is 1. The standard InChI is InChI=1S/C14H15N3O2S/c1-10(7-15)19-14(18)8-17-12-6-4-3-5-11(12)16-13(17)9-20-2/h3-6,10H,8-9H2,1-2H3/t10-/m0/s1. The quantitative estimate of drug-likeness (QED) is 0.790. The molecule has 0 saturated heterocycles. The third-order valence-electron chi connectivity index (χ3n) is 2.78. The molecule has 0 spiro atoms. The summed E-state index contributed by atoms with van der Waals surface area (Å²) in [5.74, 6) is 1.13. The number of carbonyl (C=O) groups is 1. The normalized spacial score (nSPS) is 12.1. The average Bonchev–Trinajstić information content (AvgIpc) is 2.77. The molecule has 1 aromatic carbocycles. The highest BCUT2D eigenvalue weighted by atomic mass is 32.2. The van der Waals surface area contributed by atoms with E-state index in [-0.39, 0.29) is 6.54 Å². The summed E-state index contributed by atoms with van der Waals surface area (Å²) in [6, 6.07) is 9.54. The molecule has 0 aliphatic rings. The second-order valence-electron chi connectivity index (χ2n) is 4.30. The molecule has 0 radical (unpaired) electrons. The van der Waals surface area contributed by atoms with Crippen molar-refractivity contribution in [1.82, 2.24) is 9.55 Å². The number of benzene rings is 1. The van der Waals surface area contributed by atoms with Crippen LogP contribution in [0.2, 0.25) is 0 Å². The lowest BCUT2D eigenvalue weighted by Gasteiger charge is -2.09. The predicted octanol–water partition coefficient (Wildman–Crippen LogP) is 2.35. The number of hydrogen-bond acceptors (Lipinski definition) is 5. The lowest BCUT2D eigenvalue weighted by Crippen LogP contribution is -2.19. The second kappa shape index (κ2) is 6.44. The number of nitrogens with zero attached hydrogens (tertiary/aromatic N) is 3. The molecule has 20 heavy (non-hydrogen) atoms. The van der Waals surface area contributed by atoms with Crippen molar-refractivity contribution in [1.29, 1.82) is 5.26 Å². The van der Waals surface area contributed by atoms with Gasteiger partial charge in [-0.25, -0.2) is 4.98 Å². The Kier molecular flexibility index (Phi) is 4.64. The number of para-hydroxylation sites is 2. The minimum Gasteiger partial charge on any atom is -0.446 e. The molecule has 1 heterocycles. The summed E-state index contributed by atoms with van der Waals surface area (Å²) in [6.07, 6.45) is 1.25. The maximum absolute atomic E-state index is 11.9. The molecule has 2 rings (SSSR count). The van der Waals surface area contributed by atoms with Crippen LogP contribution in [0.5, 0.6) is 0 Å². The highest BCUT2D eigenvalue weighted by Gasteiger charge is 2.15. The Balaban J connectivity index is 2.29. The van der Waals surface area contributed by atoms with Crippen molar-refractivity contribution in [2.75, 3.05) is 6.26 Å². The Morgan fingerprint density at radius 2 is 2.30 bits per heavy atom. The summed E-state index contributed by atoms with van der Waals surface area (Å²) in [7, 11) is 0. The Bertz CT molecular complexity index is 660. The van der Waals surface area contributed by atoms with E-state index in [1.54, 1.807) is 18.7 Å². The van der Waals surface area contributed by atoms with Crippen molar-refractivity contribution >= 4 is 28.8 Å². The summed E-state index contributed by atoms with van der Waals surface area (Å²) in [5, 5.41) is 8.67. The fraction of sp³-hybridized carbons (Fsp3) is 0.357. The van der Waals surface area contributed by atoms with Crippen molar-refractivity contribution in [2.24, 2.45) is 0 Å². The van der Waals surface area contributed by atoms with Gasteiger partial charge in [-0.1, -0.05) is 12.1 Å². The van der Waals surface area contributed by atoms with E-state index in [1.807, 2.05) is 41.2 Å². The van der Waals surface area contributed by atoms with Crippen molar-refractivity contribution in [3.63, 3.8) is 0 Å². The van der Waals surface area contributed by atoms with E-state index in [0.29, 0.717) is 0 Å². The van der Waals surface area contributed by atoms with Gasteiger partial charge in [-0.2, -0.15) is 17.0 Å². The number of fused-ring (bicyclic) bond motifs is 1. The Morgan fingerprint density at radius 1 is 1.55 bits per heavy atom. The molecule has 2 aromatic rings. The molecule has 0 unspecified atom stereocenters.